The Bertz CT molecular complexity index is 1170. The number of thiophene rings is 1. The first-order valence-corrected chi connectivity index (χ1v) is 10.8. The Kier molecular flexibility index (Phi) is 7.62. The molecule has 2 aromatic carbocycles. The number of rotatable bonds is 9. The normalized spacial score (nSPS) is 10.4. The molecule has 0 unspecified atom stereocenters. The highest BCUT2D eigenvalue weighted by Gasteiger charge is 2.23. The van der Waals surface area contributed by atoms with Crippen molar-refractivity contribution in [1.29, 1.82) is 0 Å². The molecule has 0 bridgehead atoms. The number of hydrogen-bond acceptors (Lipinski definition) is 8. The van der Waals surface area contributed by atoms with E-state index in [1.54, 1.807) is 42.6 Å². The van der Waals surface area contributed by atoms with Crippen LogP contribution in [0.1, 0.15) is 22.8 Å². The first kappa shape index (κ1) is 23.7. The number of carbonyl (C=O) groups excluding carboxylic acids is 2. The molecule has 3 rings (SSSR count). The fraction of sp³-hybridized carbons (Fsp3) is 0.217. The van der Waals surface area contributed by atoms with Crippen molar-refractivity contribution in [2.75, 3.05) is 26.1 Å². The van der Waals surface area contributed by atoms with Crippen LogP contribution in [0.15, 0.2) is 47.8 Å². The lowest BCUT2D eigenvalue weighted by Gasteiger charge is -2.11. The molecule has 0 saturated heterocycles. The van der Waals surface area contributed by atoms with E-state index in [-0.39, 0.29) is 30.2 Å². The third-order valence-corrected chi connectivity index (χ3v) is 5.65. The van der Waals surface area contributed by atoms with Crippen LogP contribution in [-0.4, -0.2) is 37.6 Å². The van der Waals surface area contributed by atoms with Crippen LogP contribution in [0.5, 0.6) is 11.5 Å². The average molecular weight is 471 g/mol. The highest BCUT2D eigenvalue weighted by atomic mass is 32.1. The summed E-state index contributed by atoms with van der Waals surface area (Å²) in [5.41, 5.74) is 1.91. The molecule has 0 aliphatic carbocycles. The number of nitro benzene ring substituents is 1. The molecule has 0 spiro atoms. The van der Waals surface area contributed by atoms with Gasteiger partial charge in [0.1, 0.15) is 22.1 Å². The van der Waals surface area contributed by atoms with Crippen molar-refractivity contribution in [1.82, 2.24) is 0 Å². The van der Waals surface area contributed by atoms with Crippen LogP contribution in [0.4, 0.5) is 10.7 Å². The average Bonchev–Trinajstić information content (AvgIpc) is 3.22. The number of anilines is 1. The first-order chi connectivity index (χ1) is 15.9. The predicted molar refractivity (Wildman–Crippen MR) is 124 cm³/mol. The number of esters is 1. The largest absolute Gasteiger partial charge is 0.497 e. The summed E-state index contributed by atoms with van der Waals surface area (Å²) in [5.74, 6) is 0.171. The maximum atomic E-state index is 12.8. The van der Waals surface area contributed by atoms with Crippen LogP contribution in [0, 0.1) is 10.1 Å². The van der Waals surface area contributed by atoms with Crippen LogP contribution >= 0.6 is 11.3 Å². The minimum atomic E-state index is -0.593. The summed E-state index contributed by atoms with van der Waals surface area (Å²) in [6.07, 6.45) is 0.0141. The minimum Gasteiger partial charge on any atom is -0.497 e. The van der Waals surface area contributed by atoms with E-state index in [4.69, 9.17) is 14.2 Å². The molecule has 0 aliphatic rings. The first-order valence-electron chi connectivity index (χ1n) is 9.92. The monoisotopic (exact) mass is 470 g/mol. The number of carbonyl (C=O) groups is 2. The Morgan fingerprint density at radius 2 is 1.82 bits per heavy atom. The van der Waals surface area contributed by atoms with Crippen molar-refractivity contribution < 1.29 is 28.7 Å². The molecule has 1 heterocycles. The maximum absolute atomic E-state index is 12.8. The summed E-state index contributed by atoms with van der Waals surface area (Å²) in [6.45, 7) is 1.84. The Morgan fingerprint density at radius 1 is 1.09 bits per heavy atom. The molecule has 172 valence electrons. The summed E-state index contributed by atoms with van der Waals surface area (Å²) in [6, 6.07) is 11.0. The molecule has 33 heavy (non-hydrogen) atoms. The number of nitrogens with one attached hydrogen (secondary N) is 1. The number of non-ortho nitro benzene ring substituents is 1. The van der Waals surface area contributed by atoms with Gasteiger partial charge in [-0.15, -0.1) is 11.3 Å². The lowest BCUT2D eigenvalue weighted by Crippen LogP contribution is -2.17. The van der Waals surface area contributed by atoms with Crippen molar-refractivity contribution >= 4 is 33.9 Å². The van der Waals surface area contributed by atoms with Gasteiger partial charge in [0.25, 0.3) is 5.69 Å². The standard InChI is InChI=1S/C23H22N2O7S/c1-4-32-23(27)21-18(14-5-8-16(9-6-14)25(28)29)13-33-22(21)24-20(26)11-15-7-10-17(30-2)12-19(15)31-3/h5-10,12-13H,4,11H2,1-3H3,(H,24,26). The van der Waals surface area contributed by atoms with Crippen molar-refractivity contribution in [3.63, 3.8) is 0 Å². The van der Waals surface area contributed by atoms with Crippen LogP contribution in [-0.2, 0) is 16.0 Å². The van der Waals surface area contributed by atoms with E-state index in [9.17, 15) is 19.7 Å². The van der Waals surface area contributed by atoms with Gasteiger partial charge < -0.3 is 19.5 Å². The van der Waals surface area contributed by atoms with Crippen molar-refractivity contribution in [3.8, 4) is 22.6 Å². The van der Waals surface area contributed by atoms with Gasteiger partial charge in [-0.2, -0.15) is 0 Å². The van der Waals surface area contributed by atoms with Gasteiger partial charge in [-0.25, -0.2) is 4.79 Å². The SMILES string of the molecule is CCOC(=O)c1c(-c2ccc([N+](=O)[O-])cc2)csc1NC(=O)Cc1ccc(OC)cc1OC. The van der Waals surface area contributed by atoms with Gasteiger partial charge in [-0.05, 0) is 30.7 Å². The van der Waals surface area contributed by atoms with Gasteiger partial charge in [-0.1, -0.05) is 6.07 Å². The molecular weight excluding hydrogens is 448 g/mol. The zero-order valence-electron chi connectivity index (χ0n) is 18.2. The topological polar surface area (TPSA) is 117 Å². The van der Waals surface area contributed by atoms with E-state index in [1.165, 1.54) is 37.7 Å². The molecule has 0 fully saturated rings. The highest BCUT2D eigenvalue weighted by molar-refractivity contribution is 7.15. The Hall–Kier alpha value is -3.92. The fourth-order valence-corrected chi connectivity index (χ4v) is 4.15. The van der Waals surface area contributed by atoms with E-state index < -0.39 is 10.9 Å². The Balaban J connectivity index is 1.89. The van der Waals surface area contributed by atoms with Gasteiger partial charge in [0, 0.05) is 34.7 Å². The van der Waals surface area contributed by atoms with E-state index in [1.807, 2.05) is 0 Å². The minimum absolute atomic E-state index is 0.0141. The molecule has 0 aliphatic heterocycles. The lowest BCUT2D eigenvalue weighted by atomic mass is 10.0. The van der Waals surface area contributed by atoms with Crippen molar-refractivity contribution in [2.24, 2.45) is 0 Å². The van der Waals surface area contributed by atoms with E-state index in [0.717, 1.165) is 0 Å². The third-order valence-electron chi connectivity index (χ3n) is 4.76. The summed E-state index contributed by atoms with van der Waals surface area (Å²) < 4.78 is 15.7. The van der Waals surface area contributed by atoms with Gasteiger partial charge >= 0.3 is 5.97 Å². The molecule has 3 aromatic rings. The van der Waals surface area contributed by atoms with Crippen LogP contribution in [0.3, 0.4) is 0 Å². The Labute approximate surface area is 194 Å². The number of methoxy groups -OCH3 is 2. The lowest BCUT2D eigenvalue weighted by molar-refractivity contribution is -0.384. The van der Waals surface area contributed by atoms with Gasteiger partial charge in [0.15, 0.2) is 0 Å². The second kappa shape index (κ2) is 10.6. The molecule has 0 saturated carbocycles. The van der Waals surface area contributed by atoms with E-state index in [2.05, 4.69) is 5.32 Å². The molecule has 0 radical (unpaired) electrons. The van der Waals surface area contributed by atoms with Crippen molar-refractivity contribution in [2.45, 2.75) is 13.3 Å². The highest BCUT2D eigenvalue weighted by Crippen LogP contribution is 2.37. The quantitative estimate of drug-likeness (QED) is 0.274. The maximum Gasteiger partial charge on any atom is 0.341 e. The zero-order chi connectivity index (χ0) is 24.0. The van der Waals surface area contributed by atoms with Gasteiger partial charge in [0.05, 0.1) is 32.2 Å². The molecule has 0 atom stereocenters. The molecular formula is C23H22N2O7S. The smallest absolute Gasteiger partial charge is 0.341 e. The van der Waals surface area contributed by atoms with Crippen molar-refractivity contribution in [3.05, 3.63) is 69.1 Å². The number of hydrogen-bond donors (Lipinski definition) is 1. The molecule has 1 aromatic heterocycles. The van der Waals surface area contributed by atoms with Crippen LogP contribution in [0.2, 0.25) is 0 Å². The second-order valence-electron chi connectivity index (χ2n) is 6.78. The number of nitrogens with zero attached hydrogens (tertiary/aromatic N) is 1. The number of nitro groups is 1. The molecule has 9 nitrogen and oxygen atoms in total. The molecule has 1 amide bonds. The summed E-state index contributed by atoms with van der Waals surface area (Å²) >= 11 is 1.17. The Morgan fingerprint density at radius 3 is 2.42 bits per heavy atom. The fourth-order valence-electron chi connectivity index (χ4n) is 3.17. The van der Waals surface area contributed by atoms with Crippen LogP contribution in [0.25, 0.3) is 11.1 Å². The van der Waals surface area contributed by atoms with Gasteiger partial charge in [0.2, 0.25) is 5.91 Å². The number of benzene rings is 2. The van der Waals surface area contributed by atoms with E-state index >= 15 is 0 Å². The van der Waals surface area contributed by atoms with Crippen LogP contribution < -0.4 is 14.8 Å². The summed E-state index contributed by atoms with van der Waals surface area (Å²) in [4.78, 5) is 35.9. The molecule has 1 N–H and O–H groups in total. The number of amides is 1. The number of ether oxygens (including phenoxy) is 3. The predicted octanol–water partition coefficient (Wildman–Crippen LogP) is 4.70. The van der Waals surface area contributed by atoms with Gasteiger partial charge in [-0.3, -0.25) is 14.9 Å². The third kappa shape index (κ3) is 5.47. The summed E-state index contributed by atoms with van der Waals surface area (Å²) in [5, 5.41) is 15.8. The van der Waals surface area contributed by atoms with E-state index in [0.29, 0.717) is 33.2 Å². The summed E-state index contributed by atoms with van der Waals surface area (Å²) in [7, 11) is 3.04. The zero-order valence-corrected chi connectivity index (χ0v) is 19.1. The molecule has 10 heteroatoms. The second-order valence-corrected chi connectivity index (χ2v) is 7.66.